The number of hydrogen-bond donors (Lipinski definition) is 2. The molecular weight excluding hydrogens is 574 g/mol. The highest BCUT2D eigenvalue weighted by atomic mass is 35.5. The van der Waals surface area contributed by atoms with Gasteiger partial charge in [0.2, 0.25) is 0 Å². The molecule has 7 rings (SSSR count). The van der Waals surface area contributed by atoms with Crippen LogP contribution in [-0.2, 0) is 5.44 Å². The molecule has 3 unspecified atom stereocenters. The van der Waals surface area contributed by atoms with Crippen LogP contribution in [0.4, 0.5) is 15.8 Å². The third kappa shape index (κ3) is 5.12. The normalized spacial score (nSPS) is 19.4. The summed E-state index contributed by atoms with van der Waals surface area (Å²) in [5, 5.41) is 36.4. The van der Waals surface area contributed by atoms with Crippen molar-refractivity contribution in [1.82, 2.24) is 20.0 Å². The highest BCUT2D eigenvalue weighted by Crippen LogP contribution is 2.49. The average molecular weight is 599 g/mol. The van der Waals surface area contributed by atoms with Crippen molar-refractivity contribution >= 4 is 41.7 Å². The second-order valence-electron chi connectivity index (χ2n) is 11.4. The highest BCUT2D eigenvalue weighted by molar-refractivity contribution is 6.36. The van der Waals surface area contributed by atoms with E-state index in [-0.39, 0.29) is 29.7 Å². The fraction of sp³-hybridized carbons (Fsp3) is 0.242. The molecule has 2 fully saturated rings. The number of nitrogens with one attached hydrogen (secondary N) is 2. The zero-order chi connectivity index (χ0) is 30.4. The largest absolute Gasteiger partial charge is 0.378 e. The highest BCUT2D eigenvalue weighted by Gasteiger charge is 2.44. The number of halogens is 2. The molecule has 214 valence electrons. The monoisotopic (exact) mass is 598 g/mol. The molecule has 2 N–H and O–H groups in total. The molecular formula is C33H25BClFN8. The summed E-state index contributed by atoms with van der Waals surface area (Å²) < 4.78 is 15.7. The van der Waals surface area contributed by atoms with Crippen molar-refractivity contribution in [1.29, 1.82) is 10.5 Å². The lowest BCUT2D eigenvalue weighted by molar-refractivity contribution is 0.610. The lowest BCUT2D eigenvalue weighted by atomic mass is 9.69. The second kappa shape index (κ2) is 11.0. The molecule has 11 heteroatoms. The van der Waals surface area contributed by atoms with Crippen molar-refractivity contribution in [3.63, 3.8) is 0 Å². The lowest BCUT2D eigenvalue weighted by Gasteiger charge is -2.32. The first kappa shape index (κ1) is 27.9. The smallest absolute Gasteiger partial charge is 0.123 e. The van der Waals surface area contributed by atoms with E-state index in [0.717, 1.165) is 24.8 Å². The summed E-state index contributed by atoms with van der Waals surface area (Å²) in [7, 11) is 7.07. The Morgan fingerprint density at radius 1 is 1.09 bits per heavy atom. The van der Waals surface area contributed by atoms with Crippen molar-refractivity contribution in [2.75, 3.05) is 10.6 Å². The van der Waals surface area contributed by atoms with Crippen LogP contribution < -0.4 is 10.6 Å². The first-order valence-corrected chi connectivity index (χ1v) is 14.7. The molecule has 2 aliphatic carbocycles. The fourth-order valence-electron chi connectivity index (χ4n) is 5.76. The van der Waals surface area contributed by atoms with Gasteiger partial charge in [-0.05, 0) is 54.7 Å². The van der Waals surface area contributed by atoms with E-state index in [0.29, 0.717) is 44.1 Å². The first-order valence-electron chi connectivity index (χ1n) is 14.4. The molecule has 8 nitrogen and oxygen atoms in total. The van der Waals surface area contributed by atoms with Gasteiger partial charge in [0.1, 0.15) is 25.4 Å². The molecule has 0 aliphatic heterocycles. The van der Waals surface area contributed by atoms with Crippen LogP contribution in [0.15, 0.2) is 79.1 Å². The van der Waals surface area contributed by atoms with Gasteiger partial charge in [-0.3, -0.25) is 4.98 Å². The Balaban J connectivity index is 1.33. The van der Waals surface area contributed by atoms with E-state index in [9.17, 15) is 14.9 Å². The van der Waals surface area contributed by atoms with Gasteiger partial charge in [0, 0.05) is 23.2 Å². The summed E-state index contributed by atoms with van der Waals surface area (Å²) in [5.74, 6) is -0.387. The molecule has 5 aromatic rings. The molecule has 2 aliphatic rings. The second-order valence-corrected chi connectivity index (χ2v) is 11.8. The van der Waals surface area contributed by atoms with Crippen molar-refractivity contribution in [2.45, 2.75) is 36.8 Å². The Morgan fingerprint density at radius 3 is 2.55 bits per heavy atom. The van der Waals surface area contributed by atoms with E-state index in [2.05, 4.69) is 38.1 Å². The Bertz CT molecular complexity index is 1950. The van der Waals surface area contributed by atoms with Gasteiger partial charge in [-0.2, -0.15) is 10.5 Å². The van der Waals surface area contributed by atoms with Crippen LogP contribution >= 0.6 is 11.6 Å². The summed E-state index contributed by atoms with van der Waals surface area (Å²) in [6.07, 6.45) is 6.12. The third-order valence-electron chi connectivity index (χ3n) is 8.41. The summed E-state index contributed by atoms with van der Waals surface area (Å²) in [5.41, 5.74) is 2.58. The molecule has 2 heterocycles. The molecule has 0 spiro atoms. The molecule has 2 aromatic heterocycles. The number of nitrogens with zero attached hydrogens (tertiary/aromatic N) is 6. The van der Waals surface area contributed by atoms with E-state index in [1.807, 2.05) is 42.6 Å². The zero-order valence-electron chi connectivity index (χ0n) is 23.5. The number of nitriles is 2. The minimum Gasteiger partial charge on any atom is -0.378 e. The first-order chi connectivity index (χ1) is 21.4. The molecule has 0 amide bonds. The molecule has 44 heavy (non-hydrogen) atoms. The minimum atomic E-state index is -1.40. The van der Waals surface area contributed by atoms with Gasteiger partial charge in [0.05, 0.1) is 57.5 Å². The van der Waals surface area contributed by atoms with Gasteiger partial charge < -0.3 is 10.6 Å². The van der Waals surface area contributed by atoms with Crippen LogP contribution in [0.25, 0.3) is 10.9 Å². The number of hydrogen-bond acceptors (Lipinski definition) is 7. The van der Waals surface area contributed by atoms with Crippen molar-refractivity contribution in [3.05, 3.63) is 112 Å². The van der Waals surface area contributed by atoms with E-state index >= 15 is 0 Å². The minimum absolute atomic E-state index is 0.0789. The quantitative estimate of drug-likeness (QED) is 0.183. The van der Waals surface area contributed by atoms with Crippen LogP contribution in [0.3, 0.4) is 0 Å². The lowest BCUT2D eigenvalue weighted by Crippen LogP contribution is -2.37. The molecule has 2 saturated carbocycles. The summed E-state index contributed by atoms with van der Waals surface area (Å²) in [6, 6.07) is 24.1. The summed E-state index contributed by atoms with van der Waals surface area (Å²) in [6.45, 7) is 0. The Morgan fingerprint density at radius 2 is 1.86 bits per heavy atom. The SMILES string of the molecule is [B]C(Nc1cc(Cl)c2ncc(C#N)c(NC(c3ccccc3)C3C[C@@H]3C#N)c2c1)(c1ccc(F)cc1)c1cn(C2CC2)nn1. The van der Waals surface area contributed by atoms with Crippen molar-refractivity contribution < 1.29 is 4.39 Å². The third-order valence-corrected chi connectivity index (χ3v) is 8.70. The number of anilines is 2. The maximum atomic E-state index is 13.9. The standard InChI is InChI=1S/C33H25BClFN8/c34-33(22-6-8-23(36)9-7-22,29-18-44(43-42-29)25-10-11-25)41-24-13-27-31(21(16-38)17-39-32(27)28(35)14-24)40-30(26-12-20(26)15-37)19-4-2-1-3-5-19/h1-9,13-14,17-18,20,25-26,30,41H,10-12H2,(H,39,40)/t20-,26?,30?,33?/m1/s1. The molecule has 2 radical (unpaired) electrons. The van der Waals surface area contributed by atoms with Crippen LogP contribution in [0.1, 0.15) is 53.7 Å². The molecule has 4 atom stereocenters. The average Bonchev–Trinajstić information content (AvgIpc) is 3.98. The Labute approximate surface area is 259 Å². The van der Waals surface area contributed by atoms with Crippen molar-refractivity contribution in [2.24, 2.45) is 11.8 Å². The van der Waals surface area contributed by atoms with Crippen LogP contribution in [-0.4, -0.2) is 27.8 Å². The van der Waals surface area contributed by atoms with Crippen molar-refractivity contribution in [3.8, 4) is 12.1 Å². The van der Waals surface area contributed by atoms with Gasteiger partial charge in [-0.15, -0.1) is 5.10 Å². The van der Waals surface area contributed by atoms with Gasteiger partial charge in [-0.1, -0.05) is 59.3 Å². The summed E-state index contributed by atoms with van der Waals surface area (Å²) >= 11 is 6.82. The molecule has 0 saturated heterocycles. The van der Waals surface area contributed by atoms with Gasteiger partial charge in [0.15, 0.2) is 0 Å². The van der Waals surface area contributed by atoms with Crippen LogP contribution in [0.2, 0.25) is 5.02 Å². The van der Waals surface area contributed by atoms with Gasteiger partial charge in [-0.25, -0.2) is 9.07 Å². The van der Waals surface area contributed by atoms with Crippen LogP contribution in [0, 0.1) is 40.3 Å². The zero-order valence-corrected chi connectivity index (χ0v) is 24.2. The molecule has 0 bridgehead atoms. The Kier molecular flexibility index (Phi) is 6.95. The molecule has 3 aromatic carbocycles. The van der Waals surface area contributed by atoms with Gasteiger partial charge >= 0.3 is 0 Å². The van der Waals surface area contributed by atoms with E-state index in [1.54, 1.807) is 22.9 Å². The van der Waals surface area contributed by atoms with E-state index in [4.69, 9.17) is 19.4 Å². The number of pyridine rings is 1. The van der Waals surface area contributed by atoms with Gasteiger partial charge in [0.25, 0.3) is 0 Å². The summed E-state index contributed by atoms with van der Waals surface area (Å²) in [4.78, 5) is 4.50. The maximum Gasteiger partial charge on any atom is 0.123 e. The van der Waals surface area contributed by atoms with E-state index in [1.165, 1.54) is 18.3 Å². The fourth-order valence-corrected chi connectivity index (χ4v) is 6.02. The number of fused-ring (bicyclic) bond motifs is 1. The number of benzene rings is 3. The Hall–Kier alpha value is -4.93. The van der Waals surface area contributed by atoms with Crippen LogP contribution in [0.5, 0.6) is 0 Å². The topological polar surface area (TPSA) is 115 Å². The predicted octanol–water partition coefficient (Wildman–Crippen LogP) is 6.62. The number of aromatic nitrogens is 4. The van der Waals surface area contributed by atoms with E-state index < -0.39 is 5.44 Å². The number of rotatable bonds is 9. The predicted molar refractivity (Wildman–Crippen MR) is 166 cm³/mol. The maximum absolute atomic E-state index is 13.9.